The highest BCUT2D eigenvalue weighted by molar-refractivity contribution is 5.88. The number of nitrogens with zero attached hydrogens (tertiary/aromatic N) is 2. The highest BCUT2D eigenvalue weighted by Gasteiger charge is 2.08. The molecule has 112 valence electrons. The second kappa shape index (κ2) is 6.43. The van der Waals surface area contributed by atoms with Crippen LogP contribution in [0, 0.1) is 12.8 Å². The normalized spacial score (nSPS) is 10.7. The highest BCUT2D eigenvalue weighted by atomic mass is 16.1. The molecule has 0 aliphatic rings. The molecule has 1 heterocycles. The number of hydrogen-bond donors (Lipinski definition) is 2. The van der Waals surface area contributed by atoms with Gasteiger partial charge in [0.05, 0.1) is 5.69 Å². The summed E-state index contributed by atoms with van der Waals surface area (Å²) in [5, 5.41) is 6.12. The number of benzene rings is 1. The number of carbonyl (C=O) groups excluding carboxylic acids is 1. The minimum Gasteiger partial charge on any atom is -0.355 e. The van der Waals surface area contributed by atoms with Crippen LogP contribution in [0.15, 0.2) is 30.5 Å². The fourth-order valence-corrected chi connectivity index (χ4v) is 2.02. The predicted octanol–water partition coefficient (Wildman–Crippen LogP) is 3.21. The summed E-state index contributed by atoms with van der Waals surface area (Å²) in [4.78, 5) is 15.6. The van der Waals surface area contributed by atoms with Crippen LogP contribution in [-0.2, 0) is 4.79 Å². The number of nitrogens with one attached hydrogen (secondary N) is 2. The molecule has 5 nitrogen and oxygen atoms in total. The van der Waals surface area contributed by atoms with Gasteiger partial charge in [-0.25, -0.2) is 4.98 Å². The van der Waals surface area contributed by atoms with Crippen LogP contribution in [0.5, 0.6) is 0 Å². The van der Waals surface area contributed by atoms with Gasteiger partial charge in [0.15, 0.2) is 0 Å². The zero-order chi connectivity index (χ0) is 15.4. The van der Waals surface area contributed by atoms with E-state index in [4.69, 9.17) is 0 Å². The first-order valence-electron chi connectivity index (χ1n) is 7.13. The molecule has 0 bridgehead atoms. The Hall–Kier alpha value is -2.30. The van der Waals surface area contributed by atoms with E-state index in [9.17, 15) is 4.79 Å². The monoisotopic (exact) mass is 286 g/mol. The van der Waals surface area contributed by atoms with Crippen molar-refractivity contribution in [2.24, 2.45) is 5.92 Å². The average molecular weight is 286 g/mol. The Morgan fingerprint density at radius 2 is 1.95 bits per heavy atom. The van der Waals surface area contributed by atoms with Crippen molar-refractivity contribution in [2.75, 3.05) is 17.2 Å². The Labute approximate surface area is 125 Å². The summed E-state index contributed by atoms with van der Waals surface area (Å²) >= 11 is 0. The first kappa shape index (κ1) is 15.1. The second-order valence-electron chi connectivity index (χ2n) is 5.58. The van der Waals surface area contributed by atoms with Crippen LogP contribution in [0.3, 0.4) is 0 Å². The number of anilines is 2. The molecule has 1 aromatic heterocycles. The van der Waals surface area contributed by atoms with Crippen molar-refractivity contribution < 1.29 is 4.79 Å². The summed E-state index contributed by atoms with van der Waals surface area (Å²) in [6, 6.07) is 7.70. The molecule has 0 unspecified atom stereocenters. The zero-order valence-corrected chi connectivity index (χ0v) is 13.0. The molecule has 21 heavy (non-hydrogen) atoms. The van der Waals surface area contributed by atoms with Gasteiger partial charge in [-0.2, -0.15) is 0 Å². The standard InChI is InChI=1S/C16H22N4O/c1-11(2)9-17-16-18-12(3)10-20(16)15-7-5-14(6-8-15)19-13(4)21/h5-8,10-11H,9H2,1-4H3,(H,17,18)(H,19,21). The van der Waals surface area contributed by atoms with Crippen LogP contribution in [-0.4, -0.2) is 22.0 Å². The highest BCUT2D eigenvalue weighted by Crippen LogP contribution is 2.19. The molecule has 0 aliphatic heterocycles. The lowest BCUT2D eigenvalue weighted by Gasteiger charge is -2.12. The number of aryl methyl sites for hydroxylation is 1. The van der Waals surface area contributed by atoms with E-state index in [1.807, 2.05) is 42.0 Å². The van der Waals surface area contributed by atoms with Crippen molar-refractivity contribution in [3.63, 3.8) is 0 Å². The molecular formula is C16H22N4O. The van der Waals surface area contributed by atoms with E-state index in [0.717, 1.165) is 29.6 Å². The fourth-order valence-electron chi connectivity index (χ4n) is 2.02. The molecule has 0 saturated carbocycles. The smallest absolute Gasteiger partial charge is 0.221 e. The first-order valence-corrected chi connectivity index (χ1v) is 7.13. The van der Waals surface area contributed by atoms with Crippen molar-refractivity contribution in [1.82, 2.24) is 9.55 Å². The van der Waals surface area contributed by atoms with E-state index in [2.05, 4.69) is 29.5 Å². The minimum absolute atomic E-state index is 0.0690. The van der Waals surface area contributed by atoms with Crippen LogP contribution >= 0.6 is 0 Å². The van der Waals surface area contributed by atoms with Gasteiger partial charge in [-0.05, 0) is 37.1 Å². The zero-order valence-electron chi connectivity index (χ0n) is 13.0. The molecule has 0 fully saturated rings. The van der Waals surface area contributed by atoms with Gasteiger partial charge in [-0.15, -0.1) is 0 Å². The summed E-state index contributed by atoms with van der Waals surface area (Å²) in [5.41, 5.74) is 2.77. The fraction of sp³-hybridized carbons (Fsp3) is 0.375. The molecule has 1 aromatic carbocycles. The van der Waals surface area contributed by atoms with E-state index in [-0.39, 0.29) is 5.91 Å². The Morgan fingerprint density at radius 1 is 1.29 bits per heavy atom. The topological polar surface area (TPSA) is 59.0 Å². The molecular weight excluding hydrogens is 264 g/mol. The SMILES string of the molecule is CC(=O)Nc1ccc(-n2cc(C)nc2NCC(C)C)cc1. The lowest BCUT2D eigenvalue weighted by Crippen LogP contribution is -2.12. The van der Waals surface area contributed by atoms with Crippen LogP contribution in [0.25, 0.3) is 5.69 Å². The minimum atomic E-state index is -0.0690. The van der Waals surface area contributed by atoms with Crippen molar-refractivity contribution in [2.45, 2.75) is 27.7 Å². The Morgan fingerprint density at radius 3 is 2.52 bits per heavy atom. The molecule has 2 aromatic rings. The summed E-state index contributed by atoms with van der Waals surface area (Å²) in [5.74, 6) is 1.33. The molecule has 1 amide bonds. The summed E-state index contributed by atoms with van der Waals surface area (Å²) in [6.07, 6.45) is 2.00. The van der Waals surface area contributed by atoms with Crippen LogP contribution < -0.4 is 10.6 Å². The van der Waals surface area contributed by atoms with Gasteiger partial charge in [-0.1, -0.05) is 13.8 Å². The van der Waals surface area contributed by atoms with Gasteiger partial charge in [0.25, 0.3) is 0 Å². The van der Waals surface area contributed by atoms with E-state index >= 15 is 0 Å². The summed E-state index contributed by atoms with van der Waals surface area (Å²) in [7, 11) is 0. The molecule has 5 heteroatoms. The van der Waals surface area contributed by atoms with E-state index < -0.39 is 0 Å². The van der Waals surface area contributed by atoms with Crippen molar-refractivity contribution in [1.29, 1.82) is 0 Å². The molecule has 2 N–H and O–H groups in total. The number of carbonyl (C=O) groups is 1. The van der Waals surface area contributed by atoms with Crippen molar-refractivity contribution in [3.8, 4) is 5.69 Å². The summed E-state index contributed by atoms with van der Waals surface area (Å²) < 4.78 is 2.02. The first-order chi connectivity index (χ1) is 9.95. The molecule has 0 atom stereocenters. The maximum Gasteiger partial charge on any atom is 0.221 e. The average Bonchev–Trinajstić information content (AvgIpc) is 2.78. The lowest BCUT2D eigenvalue weighted by molar-refractivity contribution is -0.114. The van der Waals surface area contributed by atoms with Crippen LogP contribution in [0.4, 0.5) is 11.6 Å². The van der Waals surface area contributed by atoms with Gasteiger partial charge in [0.1, 0.15) is 0 Å². The second-order valence-corrected chi connectivity index (χ2v) is 5.58. The van der Waals surface area contributed by atoms with Gasteiger partial charge >= 0.3 is 0 Å². The van der Waals surface area contributed by atoms with E-state index in [0.29, 0.717) is 5.92 Å². The Bertz CT molecular complexity index is 614. The maximum atomic E-state index is 11.0. The van der Waals surface area contributed by atoms with Crippen LogP contribution in [0.2, 0.25) is 0 Å². The lowest BCUT2D eigenvalue weighted by atomic mass is 10.2. The third kappa shape index (κ3) is 4.08. The molecule has 0 saturated heterocycles. The van der Waals surface area contributed by atoms with Crippen LogP contribution in [0.1, 0.15) is 26.5 Å². The van der Waals surface area contributed by atoms with E-state index in [1.54, 1.807) is 0 Å². The van der Waals surface area contributed by atoms with Gasteiger partial charge in [0, 0.05) is 31.0 Å². The number of imidazole rings is 1. The van der Waals surface area contributed by atoms with Crippen molar-refractivity contribution in [3.05, 3.63) is 36.2 Å². The largest absolute Gasteiger partial charge is 0.355 e. The third-order valence-corrected chi connectivity index (χ3v) is 2.96. The molecule has 0 radical (unpaired) electrons. The van der Waals surface area contributed by atoms with Gasteiger partial charge in [0.2, 0.25) is 11.9 Å². The maximum absolute atomic E-state index is 11.0. The van der Waals surface area contributed by atoms with Crippen molar-refractivity contribution >= 4 is 17.5 Å². The van der Waals surface area contributed by atoms with Gasteiger partial charge in [-0.3, -0.25) is 9.36 Å². The Balaban J connectivity index is 2.22. The van der Waals surface area contributed by atoms with Gasteiger partial charge < -0.3 is 10.6 Å². The Kier molecular flexibility index (Phi) is 4.62. The third-order valence-electron chi connectivity index (χ3n) is 2.96. The quantitative estimate of drug-likeness (QED) is 0.887. The number of hydrogen-bond acceptors (Lipinski definition) is 3. The van der Waals surface area contributed by atoms with E-state index in [1.165, 1.54) is 6.92 Å². The molecule has 0 aliphatic carbocycles. The number of rotatable bonds is 5. The predicted molar refractivity (Wildman–Crippen MR) is 85.9 cm³/mol. The molecule has 2 rings (SSSR count). The summed E-state index contributed by atoms with van der Waals surface area (Å²) in [6.45, 7) is 8.68. The number of amides is 1. The number of aromatic nitrogens is 2. The molecule has 0 spiro atoms.